The van der Waals surface area contributed by atoms with E-state index in [1.807, 2.05) is 47.5 Å². The average Bonchev–Trinajstić information content (AvgIpc) is 4.02. The standard InChI is InChI=1S/C24H23ClN4O3S2.C13H15N3O2S2/c25-19-5-8-21-18(16-19)9-13-28(21)14-10-23(30)29-12-1-2-22(29)17-3-6-20(7-4-17)34(31,32)27-24-26-11-15-33-24;17-20(18,16-13-15-8-9-19-13)11-5-3-10(4-6-11)12-2-1-7-14-12/h3-9,11,13,15-16,22H,1-2,10,12,14H2,(H,26,27);3-6,8-9,12,14H,1-2,7H2,(H,15,16). The van der Waals surface area contributed by atoms with Crippen LogP contribution in [0.3, 0.4) is 0 Å². The van der Waals surface area contributed by atoms with Crippen LogP contribution in [0, 0.1) is 0 Å². The molecule has 1 amide bonds. The van der Waals surface area contributed by atoms with Gasteiger partial charge in [-0.15, -0.1) is 22.7 Å². The van der Waals surface area contributed by atoms with E-state index in [0.717, 1.165) is 54.3 Å². The molecule has 2 aliphatic rings. The molecule has 5 heterocycles. The number of benzene rings is 3. The highest BCUT2D eigenvalue weighted by molar-refractivity contribution is 7.93. The first kappa shape index (κ1) is 38.0. The number of anilines is 2. The zero-order valence-electron chi connectivity index (χ0n) is 29.0. The molecular weight excluding hydrogens is 786 g/mol. The predicted octanol–water partition coefficient (Wildman–Crippen LogP) is 7.67. The number of nitrogens with zero attached hydrogens (tertiary/aromatic N) is 4. The van der Waals surface area contributed by atoms with Crippen molar-refractivity contribution >= 4 is 81.4 Å². The number of hydrogen-bond donors (Lipinski definition) is 3. The Balaban J connectivity index is 0.000000191. The normalized spacial score (nSPS) is 17.3. The van der Waals surface area contributed by atoms with Gasteiger partial charge < -0.3 is 14.8 Å². The second kappa shape index (κ2) is 16.6. The zero-order chi connectivity index (χ0) is 37.7. The Labute approximate surface area is 327 Å². The molecule has 3 aromatic heterocycles. The molecule has 3 N–H and O–H groups in total. The van der Waals surface area contributed by atoms with E-state index in [-0.39, 0.29) is 21.7 Å². The number of fused-ring (bicyclic) bond motifs is 1. The Kier molecular flexibility index (Phi) is 11.7. The van der Waals surface area contributed by atoms with E-state index >= 15 is 0 Å². The molecule has 2 saturated heterocycles. The first-order valence-electron chi connectivity index (χ1n) is 17.4. The van der Waals surface area contributed by atoms with E-state index in [0.29, 0.717) is 40.8 Å². The van der Waals surface area contributed by atoms with Crippen LogP contribution in [0.25, 0.3) is 10.9 Å². The third-order valence-corrected chi connectivity index (χ3v) is 14.0. The van der Waals surface area contributed by atoms with Crippen molar-refractivity contribution in [1.29, 1.82) is 0 Å². The lowest BCUT2D eigenvalue weighted by atomic mass is 10.0. The highest BCUT2D eigenvalue weighted by atomic mass is 35.5. The van der Waals surface area contributed by atoms with Crippen LogP contribution in [0.1, 0.15) is 55.3 Å². The maximum Gasteiger partial charge on any atom is 0.263 e. The molecule has 0 spiro atoms. The molecule has 2 atom stereocenters. The van der Waals surface area contributed by atoms with Gasteiger partial charge >= 0.3 is 0 Å². The quantitative estimate of drug-likeness (QED) is 0.120. The monoisotopic (exact) mass is 823 g/mol. The Morgan fingerprint density at radius 2 is 1.44 bits per heavy atom. The summed E-state index contributed by atoms with van der Waals surface area (Å²) in [5.41, 5.74) is 3.13. The van der Waals surface area contributed by atoms with Crippen LogP contribution in [0.15, 0.2) is 112 Å². The molecule has 282 valence electrons. The summed E-state index contributed by atoms with van der Waals surface area (Å²) in [4.78, 5) is 23.3. The van der Waals surface area contributed by atoms with Gasteiger partial charge in [0.05, 0.1) is 15.8 Å². The molecule has 6 aromatic rings. The Morgan fingerprint density at radius 1 is 0.815 bits per heavy atom. The molecule has 8 rings (SSSR count). The SMILES string of the molecule is O=C(CCn1ccc2cc(Cl)ccc21)N1CCCC1c1ccc(S(=O)(=O)Nc2nccs2)cc1.O=S(=O)(Nc1nccs1)c1ccc(C2CCCN2)cc1. The van der Waals surface area contributed by atoms with Crippen LogP contribution in [0.2, 0.25) is 5.02 Å². The van der Waals surface area contributed by atoms with Gasteiger partial charge in [-0.1, -0.05) is 35.9 Å². The first-order chi connectivity index (χ1) is 26.1. The Bertz CT molecular complexity index is 2400. The van der Waals surface area contributed by atoms with E-state index in [9.17, 15) is 21.6 Å². The van der Waals surface area contributed by atoms with Gasteiger partial charge in [-0.2, -0.15) is 0 Å². The summed E-state index contributed by atoms with van der Waals surface area (Å²) in [7, 11) is -7.25. The number of sulfonamides is 2. The third kappa shape index (κ3) is 8.96. The van der Waals surface area contributed by atoms with Crippen molar-refractivity contribution in [3.05, 3.63) is 118 Å². The molecule has 2 aliphatic heterocycles. The molecule has 17 heteroatoms. The molecule has 3 aromatic carbocycles. The molecule has 0 radical (unpaired) electrons. The number of nitrogens with one attached hydrogen (secondary N) is 3. The van der Waals surface area contributed by atoms with Crippen molar-refractivity contribution in [2.24, 2.45) is 0 Å². The molecule has 54 heavy (non-hydrogen) atoms. The molecule has 0 aliphatic carbocycles. The Morgan fingerprint density at radius 3 is 2.02 bits per heavy atom. The van der Waals surface area contributed by atoms with Crippen LogP contribution >= 0.6 is 34.3 Å². The summed E-state index contributed by atoms with van der Waals surface area (Å²) in [5, 5.41) is 9.29. The zero-order valence-corrected chi connectivity index (χ0v) is 33.0. The van der Waals surface area contributed by atoms with Crippen LogP contribution in [-0.4, -0.2) is 55.3 Å². The summed E-state index contributed by atoms with van der Waals surface area (Å²) >= 11 is 8.55. The third-order valence-electron chi connectivity index (χ3n) is 9.41. The van der Waals surface area contributed by atoms with Gasteiger partial charge in [-0.25, -0.2) is 26.8 Å². The summed E-state index contributed by atoms with van der Waals surface area (Å²) in [6.45, 7) is 2.32. The van der Waals surface area contributed by atoms with Gasteiger partial charge in [-0.05, 0) is 91.9 Å². The molecule has 0 saturated carbocycles. The van der Waals surface area contributed by atoms with Crippen molar-refractivity contribution in [3.8, 4) is 0 Å². The summed E-state index contributed by atoms with van der Waals surface area (Å²) in [6.07, 6.45) is 9.54. The lowest BCUT2D eigenvalue weighted by Crippen LogP contribution is -2.31. The minimum absolute atomic E-state index is 0.0450. The molecule has 0 bridgehead atoms. The van der Waals surface area contributed by atoms with Gasteiger partial charge in [0.25, 0.3) is 20.0 Å². The number of amides is 1. The number of carbonyl (C=O) groups excluding carboxylic acids is 1. The number of aromatic nitrogens is 3. The molecule has 2 unspecified atom stereocenters. The average molecular weight is 824 g/mol. The topological polar surface area (TPSA) is 155 Å². The van der Waals surface area contributed by atoms with Gasteiger partial charge in [0.2, 0.25) is 5.91 Å². The van der Waals surface area contributed by atoms with Crippen LogP contribution < -0.4 is 14.8 Å². The predicted molar refractivity (Wildman–Crippen MR) is 214 cm³/mol. The number of hydrogen-bond acceptors (Lipinski definition) is 10. The van der Waals surface area contributed by atoms with E-state index < -0.39 is 20.0 Å². The smallest absolute Gasteiger partial charge is 0.263 e. The number of rotatable bonds is 11. The lowest BCUT2D eigenvalue weighted by molar-refractivity contribution is -0.132. The minimum Gasteiger partial charge on any atom is -0.347 e. The lowest BCUT2D eigenvalue weighted by Gasteiger charge is -2.25. The number of thiazole rings is 2. The highest BCUT2D eigenvalue weighted by Crippen LogP contribution is 2.33. The maximum atomic E-state index is 13.1. The minimum atomic E-state index is -3.70. The fourth-order valence-electron chi connectivity index (χ4n) is 6.75. The summed E-state index contributed by atoms with van der Waals surface area (Å²) in [6, 6.07) is 21.9. The van der Waals surface area contributed by atoms with Crippen molar-refractivity contribution < 1.29 is 21.6 Å². The Hall–Kier alpha value is -4.32. The second-order valence-corrected chi connectivity index (χ2v) is 18.5. The maximum absolute atomic E-state index is 13.1. The van der Waals surface area contributed by atoms with Crippen molar-refractivity contribution in [2.75, 3.05) is 22.5 Å². The van der Waals surface area contributed by atoms with Crippen molar-refractivity contribution in [3.63, 3.8) is 0 Å². The van der Waals surface area contributed by atoms with E-state index in [1.165, 1.54) is 22.7 Å². The number of likely N-dealkylation sites (tertiary alicyclic amines) is 1. The van der Waals surface area contributed by atoms with Gasteiger partial charge in [0.15, 0.2) is 10.3 Å². The molecule has 2 fully saturated rings. The number of aryl methyl sites for hydroxylation is 1. The van der Waals surface area contributed by atoms with E-state index in [1.54, 1.807) is 59.6 Å². The highest BCUT2D eigenvalue weighted by Gasteiger charge is 2.30. The fourth-order valence-corrected chi connectivity index (χ4v) is 10.5. The van der Waals surface area contributed by atoms with E-state index in [2.05, 4.69) is 29.3 Å². The van der Waals surface area contributed by atoms with Crippen LogP contribution in [0.5, 0.6) is 0 Å². The second-order valence-electron chi connectivity index (χ2n) is 12.9. The largest absolute Gasteiger partial charge is 0.347 e. The van der Waals surface area contributed by atoms with Gasteiger partial charge in [-0.3, -0.25) is 14.2 Å². The van der Waals surface area contributed by atoms with Gasteiger partial charge in [0.1, 0.15) is 0 Å². The number of halogens is 1. The summed E-state index contributed by atoms with van der Waals surface area (Å²) in [5.74, 6) is 0.0976. The summed E-state index contributed by atoms with van der Waals surface area (Å²) < 4.78 is 56.6. The van der Waals surface area contributed by atoms with E-state index in [4.69, 9.17) is 11.6 Å². The molecule has 12 nitrogen and oxygen atoms in total. The van der Waals surface area contributed by atoms with Crippen LogP contribution in [-0.2, 0) is 31.4 Å². The van der Waals surface area contributed by atoms with Gasteiger partial charge in [0, 0.05) is 70.8 Å². The fraction of sp³-hybridized carbons (Fsp3) is 0.270. The molecular formula is C37H38ClN7O5S4. The van der Waals surface area contributed by atoms with Crippen LogP contribution in [0.4, 0.5) is 10.3 Å². The van der Waals surface area contributed by atoms with Crippen molar-refractivity contribution in [2.45, 2.75) is 60.5 Å². The number of carbonyl (C=O) groups is 1. The first-order valence-corrected chi connectivity index (χ1v) is 22.5. The van der Waals surface area contributed by atoms with Crippen molar-refractivity contribution in [1.82, 2.24) is 24.8 Å².